The van der Waals surface area contributed by atoms with Crippen LogP contribution < -0.4 is 20.7 Å². The summed E-state index contributed by atoms with van der Waals surface area (Å²) in [6.07, 6.45) is 0. The van der Waals surface area contributed by atoms with Crippen LogP contribution in [0.4, 0.5) is 16.2 Å². The van der Waals surface area contributed by atoms with Gasteiger partial charge >= 0.3 is 6.03 Å². The minimum Gasteiger partial charge on any atom is -0.494 e. The molecule has 0 aliphatic heterocycles. The molecule has 0 saturated heterocycles. The number of ether oxygens (including phenoxy) is 1. The van der Waals surface area contributed by atoms with Crippen molar-refractivity contribution in [3.63, 3.8) is 0 Å². The van der Waals surface area contributed by atoms with Gasteiger partial charge in [-0.05, 0) is 25.0 Å². The fourth-order valence-electron chi connectivity index (χ4n) is 1.60. The van der Waals surface area contributed by atoms with Crippen LogP contribution in [0.25, 0.3) is 0 Å². The van der Waals surface area contributed by atoms with Crippen molar-refractivity contribution < 1.29 is 14.3 Å². The number of rotatable bonds is 5. The van der Waals surface area contributed by atoms with Crippen LogP contribution in [0, 0.1) is 5.92 Å². The molecule has 1 aromatic carbocycles. The molecule has 116 valence electrons. The average Bonchev–Trinajstić information content (AvgIpc) is 2.39. The minimum absolute atomic E-state index is 0.0746. The van der Waals surface area contributed by atoms with Gasteiger partial charge in [-0.15, -0.1) is 0 Å². The first-order valence-corrected chi connectivity index (χ1v) is 6.86. The van der Waals surface area contributed by atoms with Crippen LogP contribution in [0.15, 0.2) is 18.2 Å². The summed E-state index contributed by atoms with van der Waals surface area (Å²) in [6, 6.07) is 4.84. The van der Waals surface area contributed by atoms with E-state index in [0.29, 0.717) is 23.0 Å². The maximum atomic E-state index is 11.9. The lowest BCUT2D eigenvalue weighted by molar-refractivity contribution is -0.114. The van der Waals surface area contributed by atoms with E-state index in [1.807, 2.05) is 20.8 Å². The molecule has 0 heterocycles. The Morgan fingerprint density at radius 3 is 2.33 bits per heavy atom. The molecule has 0 fully saturated rings. The molecule has 0 aromatic heterocycles. The van der Waals surface area contributed by atoms with Crippen LogP contribution in [0.5, 0.6) is 5.75 Å². The lowest BCUT2D eigenvalue weighted by Gasteiger charge is -2.18. The van der Waals surface area contributed by atoms with E-state index in [1.165, 1.54) is 14.0 Å². The van der Waals surface area contributed by atoms with E-state index in [0.717, 1.165) is 0 Å². The summed E-state index contributed by atoms with van der Waals surface area (Å²) in [6.45, 7) is 7.45. The van der Waals surface area contributed by atoms with E-state index in [4.69, 9.17) is 4.74 Å². The zero-order chi connectivity index (χ0) is 16.0. The number of nitrogens with one attached hydrogen (secondary N) is 3. The van der Waals surface area contributed by atoms with Crippen molar-refractivity contribution in [1.82, 2.24) is 5.32 Å². The molecule has 0 aliphatic carbocycles. The summed E-state index contributed by atoms with van der Waals surface area (Å²) >= 11 is 0. The monoisotopic (exact) mass is 293 g/mol. The summed E-state index contributed by atoms with van der Waals surface area (Å²) in [5.74, 6) is 0.657. The molecule has 3 N–H and O–H groups in total. The van der Waals surface area contributed by atoms with Crippen molar-refractivity contribution in [2.24, 2.45) is 5.92 Å². The van der Waals surface area contributed by atoms with Gasteiger partial charge in [-0.3, -0.25) is 4.79 Å². The third kappa shape index (κ3) is 5.33. The van der Waals surface area contributed by atoms with Crippen molar-refractivity contribution >= 4 is 23.3 Å². The largest absolute Gasteiger partial charge is 0.494 e. The van der Waals surface area contributed by atoms with E-state index in [1.54, 1.807) is 18.2 Å². The van der Waals surface area contributed by atoms with E-state index in [9.17, 15) is 9.59 Å². The molecule has 21 heavy (non-hydrogen) atoms. The smallest absolute Gasteiger partial charge is 0.319 e. The molecule has 0 unspecified atom stereocenters. The van der Waals surface area contributed by atoms with Gasteiger partial charge < -0.3 is 20.7 Å². The molecule has 0 spiro atoms. The lowest BCUT2D eigenvalue weighted by atomic mass is 10.1. The Labute approximate surface area is 125 Å². The second-order valence-electron chi connectivity index (χ2n) is 5.23. The van der Waals surface area contributed by atoms with Crippen molar-refractivity contribution in [1.29, 1.82) is 0 Å². The van der Waals surface area contributed by atoms with Crippen LogP contribution in [0.1, 0.15) is 27.7 Å². The molecule has 1 rings (SSSR count). The van der Waals surface area contributed by atoms with Crippen LogP contribution in [-0.4, -0.2) is 25.1 Å². The third-order valence-corrected chi connectivity index (χ3v) is 3.13. The summed E-state index contributed by atoms with van der Waals surface area (Å²) < 4.78 is 5.20. The molecule has 0 radical (unpaired) electrons. The van der Waals surface area contributed by atoms with E-state index >= 15 is 0 Å². The average molecular weight is 293 g/mol. The Balaban J connectivity index is 2.76. The topological polar surface area (TPSA) is 79.5 Å². The predicted octanol–water partition coefficient (Wildman–Crippen LogP) is 2.82. The quantitative estimate of drug-likeness (QED) is 0.781. The van der Waals surface area contributed by atoms with Gasteiger partial charge in [0.2, 0.25) is 5.91 Å². The highest BCUT2D eigenvalue weighted by Crippen LogP contribution is 2.27. The lowest BCUT2D eigenvalue weighted by Crippen LogP contribution is -2.38. The zero-order valence-electron chi connectivity index (χ0n) is 13.1. The fraction of sp³-hybridized carbons (Fsp3) is 0.467. The Kier molecular flexibility index (Phi) is 6.02. The van der Waals surface area contributed by atoms with Crippen LogP contribution >= 0.6 is 0 Å². The Hall–Kier alpha value is -2.24. The van der Waals surface area contributed by atoms with Gasteiger partial charge in [-0.2, -0.15) is 0 Å². The van der Waals surface area contributed by atoms with E-state index in [-0.39, 0.29) is 18.0 Å². The van der Waals surface area contributed by atoms with Gasteiger partial charge in [-0.1, -0.05) is 13.8 Å². The van der Waals surface area contributed by atoms with Gasteiger partial charge in [-0.25, -0.2) is 4.79 Å². The van der Waals surface area contributed by atoms with Gasteiger partial charge in [0.05, 0.1) is 12.8 Å². The molecule has 6 nitrogen and oxygen atoms in total. The van der Waals surface area contributed by atoms with Crippen molar-refractivity contribution in [2.75, 3.05) is 17.7 Å². The Morgan fingerprint density at radius 2 is 1.81 bits per heavy atom. The summed E-state index contributed by atoms with van der Waals surface area (Å²) in [5, 5.41) is 8.25. The molecular formula is C15H23N3O3. The second-order valence-corrected chi connectivity index (χ2v) is 5.23. The number of hydrogen-bond acceptors (Lipinski definition) is 3. The van der Waals surface area contributed by atoms with Crippen molar-refractivity contribution in [3.05, 3.63) is 18.2 Å². The van der Waals surface area contributed by atoms with Crippen molar-refractivity contribution in [3.8, 4) is 5.75 Å². The number of carbonyl (C=O) groups is 2. The molecule has 0 aliphatic rings. The third-order valence-electron chi connectivity index (χ3n) is 3.13. The van der Waals surface area contributed by atoms with Crippen LogP contribution in [-0.2, 0) is 4.79 Å². The normalized spacial score (nSPS) is 11.7. The summed E-state index contributed by atoms with van der Waals surface area (Å²) in [5.41, 5.74) is 1.15. The van der Waals surface area contributed by atoms with E-state index < -0.39 is 0 Å². The number of hydrogen-bond donors (Lipinski definition) is 3. The predicted molar refractivity (Wildman–Crippen MR) is 83.8 cm³/mol. The maximum Gasteiger partial charge on any atom is 0.319 e. The Bertz CT molecular complexity index is 515. The molecule has 3 amide bonds. The zero-order valence-corrected chi connectivity index (χ0v) is 13.1. The van der Waals surface area contributed by atoms with Gasteiger partial charge in [0.1, 0.15) is 5.75 Å². The van der Waals surface area contributed by atoms with Crippen LogP contribution in [0.3, 0.4) is 0 Å². The van der Waals surface area contributed by atoms with Crippen molar-refractivity contribution in [2.45, 2.75) is 33.7 Å². The molecule has 0 bridgehead atoms. The maximum absolute atomic E-state index is 11.9. The highest BCUT2D eigenvalue weighted by atomic mass is 16.5. The minimum atomic E-state index is -0.273. The number of anilines is 2. The fourth-order valence-corrected chi connectivity index (χ4v) is 1.60. The first kappa shape index (κ1) is 16.8. The molecule has 6 heteroatoms. The Morgan fingerprint density at radius 1 is 1.14 bits per heavy atom. The van der Waals surface area contributed by atoms with Gasteiger partial charge in [0.25, 0.3) is 0 Å². The molecule has 0 saturated carbocycles. The van der Waals surface area contributed by atoms with Gasteiger partial charge in [0, 0.05) is 24.7 Å². The first-order chi connectivity index (χ1) is 9.83. The number of amides is 3. The molecule has 1 aromatic rings. The summed E-state index contributed by atoms with van der Waals surface area (Å²) in [4.78, 5) is 22.9. The van der Waals surface area contributed by atoms with Gasteiger partial charge in [0.15, 0.2) is 0 Å². The standard InChI is InChI=1S/C15H23N3O3/c1-9(2)10(3)16-15(20)18-12-6-7-13(17-11(4)19)14(8-12)21-5/h6-10H,1-5H3,(H,17,19)(H2,16,18,20)/t10-/m1/s1. The number of methoxy groups -OCH3 is 1. The van der Waals surface area contributed by atoms with Crippen LogP contribution in [0.2, 0.25) is 0 Å². The van der Waals surface area contributed by atoms with E-state index in [2.05, 4.69) is 16.0 Å². The summed E-state index contributed by atoms with van der Waals surface area (Å²) in [7, 11) is 1.51. The first-order valence-electron chi connectivity index (χ1n) is 6.86. The number of benzene rings is 1. The molecular weight excluding hydrogens is 270 g/mol. The molecule has 1 atom stereocenters. The second kappa shape index (κ2) is 7.52. The number of urea groups is 1. The highest BCUT2D eigenvalue weighted by Gasteiger charge is 2.12. The highest BCUT2D eigenvalue weighted by molar-refractivity contribution is 5.93. The SMILES string of the molecule is COc1cc(NC(=O)N[C@H](C)C(C)C)ccc1NC(C)=O. The number of carbonyl (C=O) groups excluding carboxylic acids is 2.